The predicted octanol–water partition coefficient (Wildman–Crippen LogP) is 1.66. The molecule has 0 fully saturated rings. The molecule has 1 N–H and O–H groups in total. The molecule has 0 aliphatic rings. The number of aryl methyl sites for hydroxylation is 1. The summed E-state index contributed by atoms with van der Waals surface area (Å²) in [5, 5.41) is 6.51. The lowest BCUT2D eigenvalue weighted by atomic mass is 10.2. The summed E-state index contributed by atoms with van der Waals surface area (Å²) in [7, 11) is 1.47. The van der Waals surface area contributed by atoms with E-state index >= 15 is 0 Å². The first-order chi connectivity index (χ1) is 8.99. The maximum Gasteiger partial charge on any atom is 0.257 e. The molecule has 0 aliphatic carbocycles. The van der Waals surface area contributed by atoms with Crippen LogP contribution in [0.3, 0.4) is 0 Å². The molecule has 0 atom stereocenters. The van der Waals surface area contributed by atoms with Gasteiger partial charge in [-0.05, 0) is 19.1 Å². The molecule has 1 amide bonds. The first-order valence-electron chi connectivity index (χ1n) is 5.56. The van der Waals surface area contributed by atoms with E-state index in [1.54, 1.807) is 6.92 Å². The molecular formula is C12H12F2N4O. The fourth-order valence-corrected chi connectivity index (χ4v) is 1.62. The van der Waals surface area contributed by atoms with Gasteiger partial charge in [0.05, 0.1) is 12.1 Å². The molecule has 1 heterocycles. The number of carbonyl (C=O) groups excluding carboxylic acids is 1. The molecule has 0 radical (unpaired) electrons. The highest BCUT2D eigenvalue weighted by Gasteiger charge is 2.19. The largest absolute Gasteiger partial charge is 0.334 e. The lowest BCUT2D eigenvalue weighted by Crippen LogP contribution is -2.27. The third-order valence-electron chi connectivity index (χ3n) is 2.55. The van der Waals surface area contributed by atoms with Crippen LogP contribution in [0.1, 0.15) is 22.0 Å². The van der Waals surface area contributed by atoms with Crippen molar-refractivity contribution in [1.82, 2.24) is 20.1 Å². The number of rotatable bonds is 3. The summed E-state index contributed by atoms with van der Waals surface area (Å²) in [6.07, 6.45) is 0. The third-order valence-corrected chi connectivity index (χ3v) is 2.55. The molecule has 1 aromatic heterocycles. The van der Waals surface area contributed by atoms with Gasteiger partial charge in [0.15, 0.2) is 17.5 Å². The van der Waals surface area contributed by atoms with Crippen LogP contribution in [-0.2, 0) is 6.54 Å². The second kappa shape index (κ2) is 5.13. The summed E-state index contributed by atoms with van der Waals surface area (Å²) in [4.78, 5) is 17.2. The average Bonchev–Trinajstić information content (AvgIpc) is 2.77. The van der Waals surface area contributed by atoms with Crippen molar-refractivity contribution >= 4 is 5.91 Å². The molecule has 1 aromatic carbocycles. The zero-order chi connectivity index (χ0) is 14.0. The van der Waals surface area contributed by atoms with Crippen molar-refractivity contribution in [3.05, 3.63) is 47.0 Å². The topological polar surface area (TPSA) is 61.9 Å². The maximum atomic E-state index is 13.5. The Balaban J connectivity index is 2.17. The van der Waals surface area contributed by atoms with Crippen molar-refractivity contribution in [3.63, 3.8) is 0 Å². The Morgan fingerprint density at radius 2 is 2.16 bits per heavy atom. The molecule has 2 aromatic rings. The van der Waals surface area contributed by atoms with Crippen molar-refractivity contribution in [3.8, 4) is 0 Å². The minimum Gasteiger partial charge on any atom is -0.334 e. The van der Waals surface area contributed by atoms with Gasteiger partial charge >= 0.3 is 0 Å². The Hall–Kier alpha value is -2.31. The van der Waals surface area contributed by atoms with Crippen LogP contribution in [0.5, 0.6) is 0 Å². The fraction of sp³-hybridized carbons (Fsp3) is 0.250. The number of nitrogens with zero attached hydrogens (tertiary/aromatic N) is 3. The van der Waals surface area contributed by atoms with Crippen LogP contribution in [0.25, 0.3) is 0 Å². The number of aromatic amines is 1. The van der Waals surface area contributed by atoms with Gasteiger partial charge in [0.25, 0.3) is 5.91 Å². The van der Waals surface area contributed by atoms with Gasteiger partial charge in [-0.1, -0.05) is 6.07 Å². The van der Waals surface area contributed by atoms with E-state index in [1.807, 2.05) is 0 Å². The SMILES string of the molecule is Cc1nc(CN(C)C(=O)c2cccc(F)c2F)n[nH]1. The Morgan fingerprint density at radius 3 is 2.79 bits per heavy atom. The first-order valence-corrected chi connectivity index (χ1v) is 5.56. The van der Waals surface area contributed by atoms with Crippen LogP contribution in [0.2, 0.25) is 0 Å². The lowest BCUT2D eigenvalue weighted by molar-refractivity contribution is 0.0776. The predicted molar refractivity (Wildman–Crippen MR) is 63.3 cm³/mol. The van der Waals surface area contributed by atoms with Gasteiger partial charge in [-0.25, -0.2) is 13.8 Å². The second-order valence-electron chi connectivity index (χ2n) is 4.10. The summed E-state index contributed by atoms with van der Waals surface area (Å²) in [6.45, 7) is 1.84. The Morgan fingerprint density at radius 1 is 1.42 bits per heavy atom. The monoisotopic (exact) mass is 266 g/mol. The van der Waals surface area contributed by atoms with Crippen molar-refractivity contribution in [2.24, 2.45) is 0 Å². The molecule has 19 heavy (non-hydrogen) atoms. The van der Waals surface area contributed by atoms with E-state index in [0.717, 1.165) is 6.07 Å². The molecule has 0 aliphatic heterocycles. The molecule has 0 unspecified atom stereocenters. The Bertz CT molecular complexity index is 612. The van der Waals surface area contributed by atoms with Crippen LogP contribution in [0.4, 0.5) is 8.78 Å². The number of aromatic nitrogens is 3. The van der Waals surface area contributed by atoms with Gasteiger partial charge in [0.1, 0.15) is 5.82 Å². The molecule has 5 nitrogen and oxygen atoms in total. The van der Waals surface area contributed by atoms with E-state index < -0.39 is 17.5 Å². The number of hydrogen-bond acceptors (Lipinski definition) is 3. The molecule has 2 rings (SSSR count). The van der Waals surface area contributed by atoms with Gasteiger partial charge in [0, 0.05) is 7.05 Å². The standard InChI is InChI=1S/C12H12F2N4O/c1-7-15-10(17-16-7)6-18(2)12(19)8-4-3-5-9(13)11(8)14/h3-5H,6H2,1-2H3,(H,15,16,17). The number of benzene rings is 1. The molecule has 0 saturated carbocycles. The smallest absolute Gasteiger partial charge is 0.257 e. The highest BCUT2D eigenvalue weighted by molar-refractivity contribution is 5.94. The first kappa shape index (κ1) is 13.1. The second-order valence-corrected chi connectivity index (χ2v) is 4.10. The number of halogens is 2. The normalized spacial score (nSPS) is 10.5. The molecule has 7 heteroatoms. The lowest BCUT2D eigenvalue weighted by Gasteiger charge is -2.15. The van der Waals surface area contributed by atoms with Crippen molar-refractivity contribution in [2.75, 3.05) is 7.05 Å². The Labute approximate surface area is 108 Å². The summed E-state index contributed by atoms with van der Waals surface area (Å²) in [6, 6.07) is 3.49. The van der Waals surface area contributed by atoms with Crippen LogP contribution >= 0.6 is 0 Å². The van der Waals surface area contributed by atoms with Crippen molar-refractivity contribution in [2.45, 2.75) is 13.5 Å². The zero-order valence-electron chi connectivity index (χ0n) is 10.4. The Kier molecular flexibility index (Phi) is 3.55. The number of H-pyrrole nitrogens is 1. The molecule has 100 valence electrons. The summed E-state index contributed by atoms with van der Waals surface area (Å²) in [5.41, 5.74) is -0.310. The van der Waals surface area contributed by atoms with E-state index in [1.165, 1.54) is 24.1 Å². The van der Waals surface area contributed by atoms with Gasteiger partial charge in [-0.15, -0.1) is 0 Å². The number of carbonyl (C=O) groups is 1. The molecular weight excluding hydrogens is 254 g/mol. The van der Waals surface area contributed by atoms with Crippen LogP contribution in [-0.4, -0.2) is 33.0 Å². The summed E-state index contributed by atoms with van der Waals surface area (Å²) >= 11 is 0. The van der Waals surface area contributed by atoms with Gasteiger partial charge < -0.3 is 4.90 Å². The molecule has 0 bridgehead atoms. The van der Waals surface area contributed by atoms with Crippen LogP contribution < -0.4 is 0 Å². The summed E-state index contributed by atoms with van der Waals surface area (Å²) in [5.74, 6) is -1.80. The minimum absolute atomic E-state index is 0.110. The minimum atomic E-state index is -1.15. The van der Waals surface area contributed by atoms with E-state index in [4.69, 9.17) is 0 Å². The number of hydrogen-bond donors (Lipinski definition) is 1. The highest BCUT2D eigenvalue weighted by atomic mass is 19.2. The number of amides is 1. The third kappa shape index (κ3) is 2.75. The average molecular weight is 266 g/mol. The summed E-state index contributed by atoms with van der Waals surface area (Å²) < 4.78 is 26.6. The van der Waals surface area contributed by atoms with Gasteiger partial charge in [-0.3, -0.25) is 9.89 Å². The van der Waals surface area contributed by atoms with Crippen LogP contribution in [0.15, 0.2) is 18.2 Å². The quantitative estimate of drug-likeness (QED) is 0.919. The van der Waals surface area contributed by atoms with E-state index in [9.17, 15) is 13.6 Å². The van der Waals surface area contributed by atoms with Crippen LogP contribution in [0, 0.1) is 18.6 Å². The van der Waals surface area contributed by atoms with Crippen molar-refractivity contribution < 1.29 is 13.6 Å². The van der Waals surface area contributed by atoms with E-state index in [2.05, 4.69) is 15.2 Å². The zero-order valence-corrected chi connectivity index (χ0v) is 10.4. The van der Waals surface area contributed by atoms with E-state index in [-0.39, 0.29) is 12.1 Å². The fourth-order valence-electron chi connectivity index (χ4n) is 1.62. The van der Waals surface area contributed by atoms with Gasteiger partial charge in [-0.2, -0.15) is 5.10 Å². The van der Waals surface area contributed by atoms with E-state index in [0.29, 0.717) is 11.6 Å². The number of nitrogens with one attached hydrogen (secondary N) is 1. The van der Waals surface area contributed by atoms with Crippen molar-refractivity contribution in [1.29, 1.82) is 0 Å². The maximum absolute atomic E-state index is 13.5. The molecule has 0 spiro atoms. The molecule has 0 saturated heterocycles. The van der Waals surface area contributed by atoms with Gasteiger partial charge in [0.2, 0.25) is 0 Å². The highest BCUT2D eigenvalue weighted by Crippen LogP contribution is 2.14.